The topological polar surface area (TPSA) is 60.1 Å². The first kappa shape index (κ1) is 13.5. The van der Waals surface area contributed by atoms with Crippen LogP contribution in [0.4, 0.5) is 24.5 Å². The average molecular weight is 295 g/mol. The zero-order valence-electron chi connectivity index (χ0n) is 10.9. The number of amides is 1. The van der Waals surface area contributed by atoms with Crippen molar-refractivity contribution in [1.82, 2.24) is 4.57 Å². The van der Waals surface area contributed by atoms with Gasteiger partial charge in [0.2, 0.25) is 0 Å². The van der Waals surface area contributed by atoms with E-state index in [1.807, 2.05) is 0 Å². The standard InChI is InChI=1S/C14H12F3N3O/c15-9-3-4-10(13(17)12(9)16)19-14(21)11-5-7(18)6-20(11)8-1-2-8/h3-6,8H,1-2,18H2,(H,19,21). The second-order valence-electron chi connectivity index (χ2n) is 4.97. The second-order valence-corrected chi connectivity index (χ2v) is 4.97. The number of nitrogens with two attached hydrogens (primary N) is 1. The molecule has 0 aliphatic heterocycles. The summed E-state index contributed by atoms with van der Waals surface area (Å²) in [6.07, 6.45) is 3.51. The highest BCUT2D eigenvalue weighted by atomic mass is 19.2. The average Bonchev–Trinajstić information content (AvgIpc) is 3.22. The number of nitrogen functional groups attached to an aromatic ring is 1. The number of halogens is 3. The molecule has 0 atom stereocenters. The summed E-state index contributed by atoms with van der Waals surface area (Å²) in [4.78, 5) is 12.2. The first-order valence-electron chi connectivity index (χ1n) is 6.39. The zero-order valence-corrected chi connectivity index (χ0v) is 10.9. The number of anilines is 2. The minimum Gasteiger partial charge on any atom is -0.397 e. The lowest BCUT2D eigenvalue weighted by Gasteiger charge is -2.09. The first-order valence-corrected chi connectivity index (χ1v) is 6.39. The maximum absolute atomic E-state index is 13.6. The predicted octanol–water partition coefficient (Wildman–Crippen LogP) is 3.07. The molecular weight excluding hydrogens is 283 g/mol. The fourth-order valence-electron chi connectivity index (χ4n) is 2.15. The van der Waals surface area contributed by atoms with Crippen LogP contribution in [0.1, 0.15) is 29.4 Å². The lowest BCUT2D eigenvalue weighted by molar-refractivity contribution is 0.101. The third kappa shape index (κ3) is 2.46. The van der Waals surface area contributed by atoms with Gasteiger partial charge in [0, 0.05) is 12.2 Å². The molecule has 1 fully saturated rings. The van der Waals surface area contributed by atoms with Crippen molar-refractivity contribution >= 4 is 17.3 Å². The van der Waals surface area contributed by atoms with Gasteiger partial charge in [-0.1, -0.05) is 0 Å². The van der Waals surface area contributed by atoms with E-state index >= 15 is 0 Å². The smallest absolute Gasteiger partial charge is 0.272 e. The van der Waals surface area contributed by atoms with E-state index in [9.17, 15) is 18.0 Å². The van der Waals surface area contributed by atoms with E-state index in [4.69, 9.17) is 5.73 Å². The van der Waals surface area contributed by atoms with E-state index in [-0.39, 0.29) is 11.7 Å². The lowest BCUT2D eigenvalue weighted by Crippen LogP contribution is -2.17. The Morgan fingerprint density at radius 1 is 1.24 bits per heavy atom. The molecule has 1 aliphatic carbocycles. The van der Waals surface area contributed by atoms with Crippen LogP contribution in [0.2, 0.25) is 0 Å². The molecule has 2 aromatic rings. The largest absolute Gasteiger partial charge is 0.397 e. The molecule has 0 saturated heterocycles. The highest BCUT2D eigenvalue weighted by Gasteiger charge is 2.28. The van der Waals surface area contributed by atoms with Crippen LogP contribution < -0.4 is 11.1 Å². The molecule has 3 N–H and O–H groups in total. The van der Waals surface area contributed by atoms with Crippen LogP contribution in [-0.4, -0.2) is 10.5 Å². The molecule has 1 aliphatic rings. The molecule has 1 aromatic heterocycles. The Morgan fingerprint density at radius 2 is 1.95 bits per heavy atom. The highest BCUT2D eigenvalue weighted by molar-refractivity contribution is 6.04. The Morgan fingerprint density at radius 3 is 2.62 bits per heavy atom. The molecule has 7 heteroatoms. The number of nitrogens with one attached hydrogen (secondary N) is 1. The van der Waals surface area contributed by atoms with Gasteiger partial charge in [0.15, 0.2) is 17.5 Å². The molecule has 110 valence electrons. The normalized spacial score (nSPS) is 14.2. The van der Waals surface area contributed by atoms with Gasteiger partial charge in [-0.05, 0) is 31.0 Å². The van der Waals surface area contributed by atoms with E-state index in [1.54, 1.807) is 10.8 Å². The molecule has 21 heavy (non-hydrogen) atoms. The monoisotopic (exact) mass is 295 g/mol. The van der Waals surface area contributed by atoms with E-state index in [0.29, 0.717) is 5.69 Å². The van der Waals surface area contributed by atoms with Crippen LogP contribution in [0.25, 0.3) is 0 Å². The molecule has 0 unspecified atom stereocenters. The van der Waals surface area contributed by atoms with Crippen LogP contribution in [-0.2, 0) is 0 Å². The minimum atomic E-state index is -1.62. The fraction of sp³-hybridized carbons (Fsp3) is 0.214. The summed E-state index contributed by atoms with van der Waals surface area (Å²) >= 11 is 0. The Balaban J connectivity index is 1.89. The van der Waals surface area contributed by atoms with Gasteiger partial charge in [-0.25, -0.2) is 13.2 Å². The maximum Gasteiger partial charge on any atom is 0.272 e. The Labute approximate surface area is 118 Å². The number of carbonyl (C=O) groups is 1. The maximum atomic E-state index is 13.6. The van der Waals surface area contributed by atoms with Crippen molar-refractivity contribution in [2.24, 2.45) is 0 Å². The molecule has 1 heterocycles. The minimum absolute atomic E-state index is 0.206. The molecule has 0 radical (unpaired) electrons. The molecule has 1 amide bonds. The second kappa shape index (κ2) is 4.83. The fourth-order valence-corrected chi connectivity index (χ4v) is 2.15. The first-order chi connectivity index (χ1) is 9.97. The van der Waals surface area contributed by atoms with E-state index in [2.05, 4.69) is 5.32 Å². The van der Waals surface area contributed by atoms with Gasteiger partial charge in [-0.2, -0.15) is 0 Å². The summed E-state index contributed by atoms with van der Waals surface area (Å²) < 4.78 is 41.3. The van der Waals surface area contributed by atoms with Crippen molar-refractivity contribution in [3.63, 3.8) is 0 Å². The van der Waals surface area contributed by atoms with Crippen molar-refractivity contribution in [2.75, 3.05) is 11.1 Å². The molecule has 3 rings (SSSR count). The van der Waals surface area contributed by atoms with Crippen molar-refractivity contribution in [3.05, 3.63) is 47.5 Å². The number of benzene rings is 1. The number of carbonyl (C=O) groups excluding carboxylic acids is 1. The van der Waals surface area contributed by atoms with Crippen molar-refractivity contribution in [2.45, 2.75) is 18.9 Å². The summed E-state index contributed by atoms with van der Waals surface area (Å²) in [5.41, 5.74) is 5.93. The van der Waals surface area contributed by atoms with Crippen LogP contribution in [0.15, 0.2) is 24.4 Å². The van der Waals surface area contributed by atoms with Gasteiger partial charge in [-0.3, -0.25) is 4.79 Å². The lowest BCUT2D eigenvalue weighted by atomic mass is 10.2. The number of rotatable bonds is 3. The molecule has 4 nitrogen and oxygen atoms in total. The molecule has 1 saturated carbocycles. The van der Waals surface area contributed by atoms with Gasteiger partial charge in [-0.15, -0.1) is 0 Å². The van der Waals surface area contributed by atoms with Gasteiger partial charge in [0.05, 0.1) is 11.4 Å². The van der Waals surface area contributed by atoms with Crippen LogP contribution in [0.3, 0.4) is 0 Å². The van der Waals surface area contributed by atoms with Gasteiger partial charge in [0.1, 0.15) is 5.69 Å². The van der Waals surface area contributed by atoms with E-state index < -0.39 is 29.0 Å². The summed E-state index contributed by atoms with van der Waals surface area (Å²) in [6, 6.07) is 3.39. The number of aromatic nitrogens is 1. The summed E-state index contributed by atoms with van der Waals surface area (Å²) in [6.45, 7) is 0. The SMILES string of the molecule is Nc1cc(C(=O)Nc2ccc(F)c(F)c2F)n(C2CC2)c1. The number of hydrogen-bond acceptors (Lipinski definition) is 2. The number of nitrogens with zero attached hydrogens (tertiary/aromatic N) is 1. The Hall–Kier alpha value is -2.44. The Kier molecular flexibility index (Phi) is 3.12. The number of hydrogen-bond donors (Lipinski definition) is 2. The summed E-state index contributed by atoms with van der Waals surface area (Å²) in [5, 5.41) is 2.23. The summed E-state index contributed by atoms with van der Waals surface area (Å²) in [5.74, 6) is -4.98. The van der Waals surface area contributed by atoms with Crippen molar-refractivity contribution in [3.8, 4) is 0 Å². The van der Waals surface area contributed by atoms with Crippen molar-refractivity contribution in [1.29, 1.82) is 0 Å². The summed E-state index contributed by atoms with van der Waals surface area (Å²) in [7, 11) is 0. The van der Waals surface area contributed by atoms with Gasteiger partial charge < -0.3 is 15.6 Å². The third-order valence-corrected chi connectivity index (χ3v) is 3.33. The van der Waals surface area contributed by atoms with Crippen LogP contribution >= 0.6 is 0 Å². The van der Waals surface area contributed by atoms with E-state index in [1.165, 1.54) is 6.07 Å². The molecule has 0 bridgehead atoms. The molecular formula is C14H12F3N3O. The van der Waals surface area contributed by atoms with Crippen molar-refractivity contribution < 1.29 is 18.0 Å². The zero-order chi connectivity index (χ0) is 15.1. The Bertz CT molecular complexity index is 722. The van der Waals surface area contributed by atoms with Gasteiger partial charge >= 0.3 is 0 Å². The molecule has 1 aromatic carbocycles. The third-order valence-electron chi connectivity index (χ3n) is 3.33. The van der Waals surface area contributed by atoms with Gasteiger partial charge in [0.25, 0.3) is 5.91 Å². The predicted molar refractivity (Wildman–Crippen MR) is 71.4 cm³/mol. The highest BCUT2D eigenvalue weighted by Crippen LogP contribution is 2.37. The van der Waals surface area contributed by atoms with Crippen LogP contribution in [0, 0.1) is 17.5 Å². The van der Waals surface area contributed by atoms with Crippen LogP contribution in [0.5, 0.6) is 0 Å². The quantitative estimate of drug-likeness (QED) is 0.855. The van der Waals surface area contributed by atoms with E-state index in [0.717, 1.165) is 25.0 Å². The molecule has 0 spiro atoms.